The summed E-state index contributed by atoms with van der Waals surface area (Å²) in [6.45, 7) is 2.74. The number of aromatic nitrogens is 1. The van der Waals surface area contributed by atoms with Crippen molar-refractivity contribution in [3.8, 4) is 5.75 Å². The second-order valence-electron chi connectivity index (χ2n) is 4.01. The minimum Gasteiger partial charge on any atom is -0.506 e. The minimum absolute atomic E-state index is 0.110. The van der Waals surface area contributed by atoms with E-state index in [0.29, 0.717) is 6.42 Å². The van der Waals surface area contributed by atoms with E-state index in [9.17, 15) is 9.90 Å². The number of aromatic hydroxyl groups is 1. The lowest BCUT2D eigenvalue weighted by Gasteiger charge is -2.01. The number of aliphatic carboxylic acids is 1. The molecule has 0 amide bonds. The summed E-state index contributed by atoms with van der Waals surface area (Å²) in [5, 5.41) is 19.5. The zero-order valence-electron chi connectivity index (χ0n) is 9.68. The van der Waals surface area contributed by atoms with Crippen molar-refractivity contribution in [2.45, 2.75) is 26.3 Å². The highest BCUT2D eigenvalue weighted by atomic mass is 16.4. The van der Waals surface area contributed by atoms with Crippen LogP contribution in [0.4, 0.5) is 0 Å². The monoisotopic (exact) mass is 233 g/mol. The fraction of sp³-hybridized carbons (Fsp3) is 0.308. The summed E-state index contributed by atoms with van der Waals surface area (Å²) in [5.41, 5.74) is 1.76. The van der Waals surface area contributed by atoms with Crippen LogP contribution in [0, 0.1) is 0 Å². The number of hydrogen-bond donors (Lipinski definition) is 2. The Labute approximate surface area is 99.1 Å². The molecule has 17 heavy (non-hydrogen) atoms. The maximum Gasteiger partial charge on any atom is 0.303 e. The van der Waals surface area contributed by atoms with Crippen molar-refractivity contribution < 1.29 is 15.0 Å². The van der Waals surface area contributed by atoms with Crippen LogP contribution in [0.5, 0.6) is 5.75 Å². The molecule has 1 aromatic heterocycles. The van der Waals surface area contributed by atoms with E-state index >= 15 is 0 Å². The highest BCUT2D eigenvalue weighted by Crippen LogP contribution is 2.29. The van der Waals surface area contributed by atoms with Crippen LogP contribution >= 0.6 is 0 Å². The zero-order valence-corrected chi connectivity index (χ0v) is 9.68. The number of carboxylic acid groups (broad SMARTS) is 1. The number of benzene rings is 1. The highest BCUT2D eigenvalue weighted by molar-refractivity contribution is 5.89. The van der Waals surface area contributed by atoms with Crippen molar-refractivity contribution in [1.82, 2.24) is 4.57 Å². The number of fused-ring (bicyclic) bond motifs is 1. The third-order valence-electron chi connectivity index (χ3n) is 2.91. The summed E-state index contributed by atoms with van der Waals surface area (Å²) >= 11 is 0. The normalized spacial score (nSPS) is 10.9. The second-order valence-corrected chi connectivity index (χ2v) is 4.01. The molecule has 0 bridgehead atoms. The number of hydrogen-bond acceptors (Lipinski definition) is 2. The van der Waals surface area contributed by atoms with Crippen LogP contribution in [0.25, 0.3) is 10.9 Å². The van der Waals surface area contributed by atoms with E-state index in [-0.39, 0.29) is 12.2 Å². The molecule has 1 heterocycles. The van der Waals surface area contributed by atoms with Gasteiger partial charge in [0, 0.05) is 24.5 Å². The molecule has 2 aromatic rings. The summed E-state index contributed by atoms with van der Waals surface area (Å²) < 4.78 is 1.95. The van der Waals surface area contributed by atoms with E-state index < -0.39 is 5.97 Å². The van der Waals surface area contributed by atoms with Crippen LogP contribution in [0.3, 0.4) is 0 Å². The molecule has 0 aliphatic heterocycles. The quantitative estimate of drug-likeness (QED) is 0.852. The van der Waals surface area contributed by atoms with Gasteiger partial charge in [0.2, 0.25) is 0 Å². The number of para-hydroxylation sites is 1. The Balaban J connectivity index is 2.50. The fourth-order valence-electron chi connectivity index (χ4n) is 2.10. The van der Waals surface area contributed by atoms with Gasteiger partial charge in [0.15, 0.2) is 0 Å². The van der Waals surface area contributed by atoms with E-state index in [2.05, 4.69) is 0 Å². The highest BCUT2D eigenvalue weighted by Gasteiger charge is 2.11. The van der Waals surface area contributed by atoms with E-state index in [4.69, 9.17) is 5.11 Å². The van der Waals surface area contributed by atoms with Gasteiger partial charge in [-0.2, -0.15) is 0 Å². The van der Waals surface area contributed by atoms with Gasteiger partial charge in [0.05, 0.1) is 5.52 Å². The van der Waals surface area contributed by atoms with Crippen molar-refractivity contribution >= 4 is 16.9 Å². The Morgan fingerprint density at radius 2 is 2.18 bits per heavy atom. The van der Waals surface area contributed by atoms with Crippen LogP contribution < -0.4 is 0 Å². The predicted octanol–water partition coefficient (Wildman–Crippen LogP) is 2.38. The first-order chi connectivity index (χ1) is 8.13. The Kier molecular flexibility index (Phi) is 3.04. The van der Waals surface area contributed by atoms with E-state index in [1.54, 1.807) is 12.1 Å². The maximum atomic E-state index is 10.6. The van der Waals surface area contributed by atoms with Gasteiger partial charge in [-0.1, -0.05) is 12.1 Å². The minimum atomic E-state index is -0.803. The first-order valence-corrected chi connectivity index (χ1v) is 5.65. The predicted molar refractivity (Wildman–Crippen MR) is 65.2 cm³/mol. The molecule has 0 saturated carbocycles. The molecular formula is C13H15NO3. The number of phenols is 1. The molecule has 4 heteroatoms. The lowest BCUT2D eigenvalue weighted by Crippen LogP contribution is -1.97. The Bertz CT molecular complexity index is 557. The molecule has 2 rings (SSSR count). The average molecular weight is 233 g/mol. The molecule has 0 saturated heterocycles. The number of phenolic OH excluding ortho intramolecular Hbond substituents is 1. The van der Waals surface area contributed by atoms with Crippen LogP contribution in [0.1, 0.15) is 18.9 Å². The molecule has 1 aromatic carbocycles. The van der Waals surface area contributed by atoms with Gasteiger partial charge in [-0.25, -0.2) is 0 Å². The molecule has 0 unspecified atom stereocenters. The lowest BCUT2D eigenvalue weighted by molar-refractivity contribution is -0.136. The molecule has 0 atom stereocenters. The van der Waals surface area contributed by atoms with Gasteiger partial charge in [-0.15, -0.1) is 0 Å². The summed E-state index contributed by atoms with van der Waals surface area (Å²) in [4.78, 5) is 10.6. The summed E-state index contributed by atoms with van der Waals surface area (Å²) in [6, 6.07) is 5.34. The Hall–Kier alpha value is -1.97. The summed E-state index contributed by atoms with van der Waals surface area (Å²) in [7, 11) is 0. The third kappa shape index (κ3) is 2.11. The van der Waals surface area contributed by atoms with Gasteiger partial charge in [-0.3, -0.25) is 4.79 Å². The smallest absolute Gasteiger partial charge is 0.303 e. The molecular weight excluding hydrogens is 218 g/mol. The summed E-state index contributed by atoms with van der Waals surface area (Å²) in [5.74, 6) is -0.562. The van der Waals surface area contributed by atoms with Gasteiger partial charge in [0.1, 0.15) is 5.75 Å². The van der Waals surface area contributed by atoms with Crippen LogP contribution in [-0.4, -0.2) is 20.7 Å². The lowest BCUT2D eigenvalue weighted by atomic mass is 10.1. The fourth-order valence-corrected chi connectivity index (χ4v) is 2.10. The molecule has 4 nitrogen and oxygen atoms in total. The van der Waals surface area contributed by atoms with Gasteiger partial charge >= 0.3 is 5.97 Å². The summed E-state index contributed by atoms with van der Waals surface area (Å²) in [6.07, 6.45) is 2.52. The zero-order chi connectivity index (χ0) is 12.4. The Morgan fingerprint density at radius 3 is 2.82 bits per heavy atom. The maximum absolute atomic E-state index is 10.6. The van der Waals surface area contributed by atoms with Gasteiger partial charge in [0.25, 0.3) is 0 Å². The molecule has 0 spiro atoms. The van der Waals surface area contributed by atoms with Crippen LogP contribution in [0.2, 0.25) is 0 Å². The molecule has 0 radical (unpaired) electrons. The number of carbonyl (C=O) groups is 1. The molecule has 0 aliphatic rings. The molecule has 0 aliphatic carbocycles. The first kappa shape index (κ1) is 11.5. The SMILES string of the molecule is CCn1cc(CCC(=O)O)c2cccc(O)c21. The average Bonchev–Trinajstić information content (AvgIpc) is 2.66. The number of rotatable bonds is 4. The standard InChI is InChI=1S/C13H15NO3/c1-2-14-8-9(6-7-12(16)17)10-4-3-5-11(15)13(10)14/h3-5,8,15H,2,6-7H2,1H3,(H,16,17). The second kappa shape index (κ2) is 4.49. The van der Waals surface area contributed by atoms with Crippen LogP contribution in [-0.2, 0) is 17.8 Å². The van der Waals surface area contributed by atoms with Gasteiger partial charge < -0.3 is 14.8 Å². The first-order valence-electron chi connectivity index (χ1n) is 5.65. The van der Waals surface area contributed by atoms with Crippen molar-refractivity contribution in [2.75, 3.05) is 0 Å². The largest absolute Gasteiger partial charge is 0.506 e. The number of nitrogens with zero attached hydrogens (tertiary/aromatic N) is 1. The Morgan fingerprint density at radius 1 is 1.41 bits per heavy atom. The van der Waals surface area contributed by atoms with E-state index in [1.165, 1.54) is 0 Å². The van der Waals surface area contributed by atoms with Crippen molar-refractivity contribution in [2.24, 2.45) is 0 Å². The van der Waals surface area contributed by atoms with E-state index in [1.807, 2.05) is 23.8 Å². The van der Waals surface area contributed by atoms with E-state index in [0.717, 1.165) is 23.0 Å². The van der Waals surface area contributed by atoms with Crippen molar-refractivity contribution in [3.63, 3.8) is 0 Å². The third-order valence-corrected chi connectivity index (χ3v) is 2.91. The van der Waals surface area contributed by atoms with Gasteiger partial charge in [-0.05, 0) is 25.0 Å². The number of carboxylic acids is 1. The van der Waals surface area contributed by atoms with Crippen molar-refractivity contribution in [3.05, 3.63) is 30.0 Å². The van der Waals surface area contributed by atoms with Crippen LogP contribution in [0.15, 0.2) is 24.4 Å². The van der Waals surface area contributed by atoms with Crippen molar-refractivity contribution in [1.29, 1.82) is 0 Å². The molecule has 90 valence electrons. The number of aryl methyl sites for hydroxylation is 2. The molecule has 2 N–H and O–H groups in total. The topological polar surface area (TPSA) is 62.5 Å². The molecule has 0 fully saturated rings.